The fourth-order valence-corrected chi connectivity index (χ4v) is 5.16. The molecule has 0 unspecified atom stereocenters. The van der Waals surface area contributed by atoms with Gasteiger partial charge < -0.3 is 0 Å². The topological polar surface area (TPSA) is 37.4 Å². The lowest BCUT2D eigenvalue weighted by molar-refractivity contribution is 0.136. The van der Waals surface area contributed by atoms with Crippen molar-refractivity contribution in [3.8, 4) is 0 Å². The average Bonchev–Trinajstić information content (AvgIpc) is 2.47. The first-order valence-corrected chi connectivity index (χ1v) is 9.08. The molecule has 4 heteroatoms. The van der Waals surface area contributed by atoms with E-state index in [0.717, 1.165) is 24.4 Å². The van der Waals surface area contributed by atoms with E-state index in [-0.39, 0.29) is 0 Å². The van der Waals surface area contributed by atoms with Gasteiger partial charge in [-0.2, -0.15) is 4.31 Å². The number of aryl methyl sites for hydroxylation is 1. The smallest absolute Gasteiger partial charge is 0.207 e. The van der Waals surface area contributed by atoms with E-state index in [2.05, 4.69) is 0 Å². The maximum absolute atomic E-state index is 12.7. The molecule has 0 N–H and O–H groups in total. The van der Waals surface area contributed by atoms with E-state index in [1.165, 1.54) is 25.7 Å². The number of rotatable bonds is 2. The van der Waals surface area contributed by atoms with Crippen LogP contribution in [-0.4, -0.2) is 25.8 Å². The summed E-state index contributed by atoms with van der Waals surface area (Å²) in [5.41, 5.74) is 1.09. The summed E-state index contributed by atoms with van der Waals surface area (Å²) in [6.45, 7) is 3.39. The Morgan fingerprint density at radius 2 is 1.65 bits per heavy atom. The molecule has 110 valence electrons. The quantitative estimate of drug-likeness (QED) is 0.839. The van der Waals surface area contributed by atoms with Crippen molar-refractivity contribution in [2.75, 3.05) is 13.1 Å². The molecule has 20 heavy (non-hydrogen) atoms. The zero-order valence-electron chi connectivity index (χ0n) is 12.1. The van der Waals surface area contributed by atoms with Crippen molar-refractivity contribution in [3.05, 3.63) is 29.8 Å². The minimum Gasteiger partial charge on any atom is -0.207 e. The van der Waals surface area contributed by atoms with Crippen LogP contribution >= 0.6 is 0 Å². The summed E-state index contributed by atoms with van der Waals surface area (Å²) in [6.07, 6.45) is 6.12. The predicted octanol–water partition coefficient (Wildman–Crippen LogP) is 3.20. The highest BCUT2D eigenvalue weighted by atomic mass is 32.2. The Balaban J connectivity index is 1.79. The molecule has 1 aromatic carbocycles. The normalized spacial score (nSPS) is 28.1. The zero-order valence-corrected chi connectivity index (χ0v) is 12.9. The molecule has 3 rings (SSSR count). The van der Waals surface area contributed by atoms with Gasteiger partial charge in [0.05, 0.1) is 4.90 Å². The van der Waals surface area contributed by atoms with E-state index < -0.39 is 10.0 Å². The third kappa shape index (κ3) is 2.63. The van der Waals surface area contributed by atoms with Crippen LogP contribution in [-0.2, 0) is 10.0 Å². The fourth-order valence-electron chi connectivity index (χ4n) is 3.65. The summed E-state index contributed by atoms with van der Waals surface area (Å²) < 4.78 is 27.1. The van der Waals surface area contributed by atoms with Crippen LogP contribution in [0.3, 0.4) is 0 Å². The second kappa shape index (κ2) is 5.49. The van der Waals surface area contributed by atoms with E-state index in [1.807, 2.05) is 19.1 Å². The molecule has 2 fully saturated rings. The van der Waals surface area contributed by atoms with E-state index >= 15 is 0 Å². The summed E-state index contributed by atoms with van der Waals surface area (Å²) >= 11 is 0. The van der Waals surface area contributed by atoms with Crippen LogP contribution in [0.25, 0.3) is 0 Å². The monoisotopic (exact) mass is 293 g/mol. The van der Waals surface area contributed by atoms with Crippen molar-refractivity contribution in [2.24, 2.45) is 11.8 Å². The fraction of sp³-hybridized carbons (Fsp3) is 0.625. The molecule has 1 saturated heterocycles. The molecule has 0 amide bonds. The van der Waals surface area contributed by atoms with Gasteiger partial charge in [0.1, 0.15) is 0 Å². The number of fused-ring (bicyclic) bond motifs is 1. The summed E-state index contributed by atoms with van der Waals surface area (Å²) in [5, 5.41) is 0. The van der Waals surface area contributed by atoms with E-state index in [9.17, 15) is 8.42 Å². The first-order valence-electron chi connectivity index (χ1n) is 7.64. The Morgan fingerprint density at radius 3 is 2.35 bits per heavy atom. The Labute approximate surface area is 122 Å². The molecular formula is C16H23NO2S. The highest BCUT2D eigenvalue weighted by Crippen LogP contribution is 2.37. The van der Waals surface area contributed by atoms with Crippen molar-refractivity contribution in [1.82, 2.24) is 4.31 Å². The summed E-state index contributed by atoms with van der Waals surface area (Å²) in [4.78, 5) is 0.442. The van der Waals surface area contributed by atoms with Crippen LogP contribution < -0.4 is 0 Å². The van der Waals surface area contributed by atoms with E-state index in [0.29, 0.717) is 17.4 Å². The van der Waals surface area contributed by atoms with Gasteiger partial charge in [0.2, 0.25) is 10.0 Å². The number of nitrogens with zero attached hydrogens (tertiary/aromatic N) is 1. The molecule has 3 nitrogen and oxygen atoms in total. The summed E-state index contributed by atoms with van der Waals surface area (Å²) in [5.74, 6) is 1.34. The Morgan fingerprint density at radius 1 is 1.00 bits per heavy atom. The summed E-state index contributed by atoms with van der Waals surface area (Å²) in [7, 11) is -3.30. The van der Waals surface area contributed by atoms with Crippen LogP contribution in [0.4, 0.5) is 0 Å². The molecular weight excluding hydrogens is 270 g/mol. The maximum Gasteiger partial charge on any atom is 0.243 e. The number of hydrogen-bond acceptors (Lipinski definition) is 2. The Bertz CT molecular complexity index is 565. The van der Waals surface area contributed by atoms with Gasteiger partial charge in [-0.25, -0.2) is 8.42 Å². The molecule has 1 aliphatic carbocycles. The van der Waals surface area contributed by atoms with Gasteiger partial charge in [0.25, 0.3) is 0 Å². The molecule has 0 bridgehead atoms. The first-order chi connectivity index (χ1) is 9.57. The molecule has 1 heterocycles. The van der Waals surface area contributed by atoms with E-state index in [1.54, 1.807) is 16.4 Å². The van der Waals surface area contributed by atoms with Crippen molar-refractivity contribution < 1.29 is 8.42 Å². The lowest BCUT2D eigenvalue weighted by Gasteiger charge is -2.40. The Hall–Kier alpha value is -0.870. The van der Waals surface area contributed by atoms with Crippen LogP contribution in [0.1, 0.15) is 37.7 Å². The number of sulfonamides is 1. The van der Waals surface area contributed by atoms with E-state index in [4.69, 9.17) is 0 Å². The van der Waals surface area contributed by atoms with Crippen molar-refractivity contribution in [3.63, 3.8) is 0 Å². The van der Waals surface area contributed by atoms with Crippen molar-refractivity contribution >= 4 is 10.0 Å². The highest BCUT2D eigenvalue weighted by Gasteiger charge is 2.36. The van der Waals surface area contributed by atoms with Crippen LogP contribution in [0, 0.1) is 18.8 Å². The van der Waals surface area contributed by atoms with Crippen LogP contribution in [0.5, 0.6) is 0 Å². The van der Waals surface area contributed by atoms with Crippen LogP contribution in [0.15, 0.2) is 29.2 Å². The maximum atomic E-state index is 12.7. The van der Waals surface area contributed by atoms with Crippen molar-refractivity contribution in [1.29, 1.82) is 0 Å². The van der Waals surface area contributed by atoms with Gasteiger partial charge in [-0.15, -0.1) is 0 Å². The lowest BCUT2D eigenvalue weighted by Crippen LogP contribution is -2.44. The van der Waals surface area contributed by atoms with Gasteiger partial charge >= 0.3 is 0 Å². The van der Waals surface area contributed by atoms with Gasteiger partial charge in [-0.1, -0.05) is 37.0 Å². The number of piperidine rings is 1. The molecule has 2 aliphatic rings. The van der Waals surface area contributed by atoms with Gasteiger partial charge in [-0.3, -0.25) is 0 Å². The highest BCUT2D eigenvalue weighted by molar-refractivity contribution is 7.89. The van der Waals surface area contributed by atoms with Gasteiger partial charge in [0, 0.05) is 13.1 Å². The molecule has 1 saturated carbocycles. The largest absolute Gasteiger partial charge is 0.243 e. The summed E-state index contributed by atoms with van der Waals surface area (Å²) in [6, 6.07) is 7.22. The molecule has 0 aromatic heterocycles. The molecule has 1 aliphatic heterocycles. The van der Waals surface area contributed by atoms with Gasteiger partial charge in [-0.05, 0) is 43.7 Å². The molecule has 0 radical (unpaired) electrons. The Kier molecular flexibility index (Phi) is 3.87. The second-order valence-corrected chi connectivity index (χ2v) is 8.21. The van der Waals surface area contributed by atoms with Crippen LogP contribution in [0.2, 0.25) is 0 Å². The molecule has 0 spiro atoms. The lowest BCUT2D eigenvalue weighted by atomic mass is 9.76. The average molecular weight is 293 g/mol. The van der Waals surface area contributed by atoms with Gasteiger partial charge in [0.15, 0.2) is 0 Å². The molecule has 2 atom stereocenters. The third-order valence-corrected chi connectivity index (χ3v) is 6.79. The number of benzene rings is 1. The minimum atomic E-state index is -3.30. The number of hydrogen-bond donors (Lipinski definition) is 0. The standard InChI is InChI=1S/C16H23NO2S/c1-13-6-8-16(9-7-13)20(18,19)17-11-10-14-4-2-3-5-15(14)12-17/h6-9,14-15H,2-5,10-12H2,1H3/t14-,15-/m1/s1. The first kappa shape index (κ1) is 14.1. The third-order valence-electron chi connectivity index (χ3n) is 4.91. The SMILES string of the molecule is Cc1ccc(S(=O)(=O)N2CC[C@H]3CCCC[C@@H]3C2)cc1. The predicted molar refractivity (Wildman–Crippen MR) is 80.0 cm³/mol. The minimum absolute atomic E-state index is 0.442. The molecule has 1 aromatic rings. The zero-order chi connectivity index (χ0) is 14.2. The van der Waals surface area contributed by atoms with Crippen molar-refractivity contribution in [2.45, 2.75) is 43.9 Å². The second-order valence-electron chi connectivity index (χ2n) is 6.27.